The molecule has 1 rings (SSSR count). The smallest absolute Gasteiger partial charge is 0.195 e. The molecule has 1 unspecified atom stereocenters. The summed E-state index contributed by atoms with van der Waals surface area (Å²) in [5.41, 5.74) is 0. The van der Waals surface area contributed by atoms with Crippen molar-refractivity contribution in [3.8, 4) is 0 Å². The lowest BCUT2D eigenvalue weighted by molar-refractivity contribution is -0.281. The molecule has 1 aromatic heterocycles. The number of halogens is 8. The van der Waals surface area contributed by atoms with Crippen LogP contribution in [-0.2, 0) is 0 Å². The van der Waals surface area contributed by atoms with Crippen molar-refractivity contribution in [2.45, 2.75) is 16.9 Å². The van der Waals surface area contributed by atoms with Crippen molar-refractivity contribution >= 4 is 59.1 Å². The summed E-state index contributed by atoms with van der Waals surface area (Å²) >= 11 is 9.24. The zero-order valence-corrected chi connectivity index (χ0v) is 12.7. The van der Waals surface area contributed by atoms with Crippen molar-refractivity contribution in [3.05, 3.63) is 19.2 Å². The van der Waals surface area contributed by atoms with Crippen molar-refractivity contribution in [1.82, 2.24) is 0 Å². The summed E-state index contributed by atoms with van der Waals surface area (Å²) in [6.45, 7) is 0. The van der Waals surface area contributed by atoms with Crippen LogP contribution in [0.25, 0.3) is 0 Å². The van der Waals surface area contributed by atoms with E-state index in [1.54, 1.807) is 0 Å². The molecule has 9 heteroatoms. The normalized spacial score (nSPS) is 15.2. The van der Waals surface area contributed by atoms with Crippen LogP contribution in [0.4, 0.5) is 22.0 Å². The average Bonchev–Trinajstić information content (AvgIpc) is 2.43. The van der Waals surface area contributed by atoms with Gasteiger partial charge in [-0.2, -0.15) is 22.0 Å². The fourth-order valence-corrected chi connectivity index (χ4v) is 3.59. The van der Waals surface area contributed by atoms with Crippen molar-refractivity contribution < 1.29 is 22.0 Å². The van der Waals surface area contributed by atoms with E-state index in [1.165, 1.54) is 6.07 Å². The third-order valence-corrected chi connectivity index (χ3v) is 6.30. The highest BCUT2D eigenvalue weighted by atomic mass is 79.9. The Kier molecular flexibility index (Phi) is 4.47. The Hall–Kier alpha value is 0.790. The van der Waals surface area contributed by atoms with Crippen molar-refractivity contribution in [2.75, 3.05) is 0 Å². The molecule has 0 amide bonds. The van der Waals surface area contributed by atoms with Crippen LogP contribution in [0, 0.1) is 0 Å². The Labute approximate surface area is 117 Å². The van der Waals surface area contributed by atoms with Crippen LogP contribution in [0.5, 0.6) is 0 Å². The molecule has 0 aliphatic carbocycles. The Morgan fingerprint density at radius 3 is 1.94 bits per heavy atom. The second-order valence-corrected chi connectivity index (χ2v) is 6.93. The maximum atomic E-state index is 13.0. The molecule has 1 aromatic rings. The standard InChI is InChI=1S/C7H2Br3F5S/c8-2-1-3(16-5(2)10)4(9)6(11,12)7(13,14)15/h1,4H. The van der Waals surface area contributed by atoms with E-state index in [1.807, 2.05) is 0 Å². The summed E-state index contributed by atoms with van der Waals surface area (Å²) in [5, 5.41) is 0. The summed E-state index contributed by atoms with van der Waals surface area (Å²) in [4.78, 5) is -2.20. The van der Waals surface area contributed by atoms with E-state index in [4.69, 9.17) is 0 Å². The molecule has 0 radical (unpaired) electrons. The van der Waals surface area contributed by atoms with E-state index in [2.05, 4.69) is 47.8 Å². The highest BCUT2D eigenvalue weighted by molar-refractivity contribution is 9.13. The maximum Gasteiger partial charge on any atom is 0.454 e. The van der Waals surface area contributed by atoms with E-state index in [9.17, 15) is 22.0 Å². The predicted molar refractivity (Wildman–Crippen MR) is 62.4 cm³/mol. The summed E-state index contributed by atoms with van der Waals surface area (Å²) in [6.07, 6.45) is -5.58. The SMILES string of the molecule is FC(F)(F)C(F)(F)C(Br)c1cc(Br)c(Br)s1. The van der Waals surface area contributed by atoms with Gasteiger partial charge in [-0.15, -0.1) is 11.3 Å². The van der Waals surface area contributed by atoms with Crippen LogP contribution in [0.3, 0.4) is 0 Å². The molecular formula is C7H2Br3F5S. The van der Waals surface area contributed by atoms with Crippen molar-refractivity contribution in [2.24, 2.45) is 0 Å². The monoisotopic (exact) mass is 450 g/mol. The van der Waals surface area contributed by atoms with Crippen LogP contribution in [0.1, 0.15) is 9.70 Å². The molecule has 16 heavy (non-hydrogen) atoms. The van der Waals surface area contributed by atoms with Gasteiger partial charge in [0.05, 0.1) is 3.79 Å². The van der Waals surface area contributed by atoms with Gasteiger partial charge in [-0.3, -0.25) is 0 Å². The lowest BCUT2D eigenvalue weighted by Crippen LogP contribution is -2.39. The lowest BCUT2D eigenvalue weighted by atomic mass is 10.2. The molecule has 0 saturated heterocycles. The summed E-state index contributed by atoms with van der Waals surface area (Å²) in [6, 6.07) is 1.22. The third kappa shape index (κ3) is 2.78. The second-order valence-electron chi connectivity index (χ2n) is 2.75. The van der Waals surface area contributed by atoms with Crippen LogP contribution in [0.15, 0.2) is 14.3 Å². The van der Waals surface area contributed by atoms with E-state index in [-0.39, 0.29) is 4.88 Å². The second kappa shape index (κ2) is 4.81. The zero-order chi connectivity index (χ0) is 12.7. The number of thiophene rings is 1. The molecule has 0 fully saturated rings. The van der Waals surface area contributed by atoms with Crippen molar-refractivity contribution in [1.29, 1.82) is 0 Å². The van der Waals surface area contributed by atoms with Gasteiger partial charge in [0.2, 0.25) is 0 Å². The number of hydrogen-bond acceptors (Lipinski definition) is 1. The fourth-order valence-electron chi connectivity index (χ4n) is 0.811. The van der Waals surface area contributed by atoms with Gasteiger partial charge >= 0.3 is 12.1 Å². The van der Waals surface area contributed by atoms with E-state index in [0.717, 1.165) is 11.3 Å². The summed E-state index contributed by atoms with van der Waals surface area (Å²) < 4.78 is 63.0. The first kappa shape index (κ1) is 14.8. The predicted octanol–water partition coefficient (Wildman–Crippen LogP) is 5.91. The van der Waals surface area contributed by atoms with Gasteiger partial charge in [0, 0.05) is 9.35 Å². The Morgan fingerprint density at radius 2 is 1.62 bits per heavy atom. The highest BCUT2D eigenvalue weighted by Gasteiger charge is 2.62. The van der Waals surface area contributed by atoms with Crippen LogP contribution < -0.4 is 0 Å². The van der Waals surface area contributed by atoms with Crippen LogP contribution in [-0.4, -0.2) is 12.1 Å². The molecule has 0 bridgehead atoms. The van der Waals surface area contributed by atoms with Crippen molar-refractivity contribution in [3.63, 3.8) is 0 Å². The quantitative estimate of drug-likeness (QED) is 0.387. The van der Waals surface area contributed by atoms with Gasteiger partial charge in [-0.25, -0.2) is 0 Å². The first-order valence-electron chi connectivity index (χ1n) is 3.60. The molecule has 0 aromatic carbocycles. The van der Waals surface area contributed by atoms with Gasteiger partial charge in [0.1, 0.15) is 4.83 Å². The number of alkyl halides is 6. The van der Waals surface area contributed by atoms with Gasteiger partial charge in [-0.05, 0) is 37.9 Å². The molecular weight excluding hydrogens is 451 g/mol. The topological polar surface area (TPSA) is 0 Å². The maximum absolute atomic E-state index is 13.0. The molecule has 1 atom stereocenters. The largest absolute Gasteiger partial charge is 0.454 e. The first-order chi connectivity index (χ1) is 7.07. The fraction of sp³-hybridized carbons (Fsp3) is 0.429. The summed E-state index contributed by atoms with van der Waals surface area (Å²) in [5.74, 6) is -4.81. The van der Waals surface area contributed by atoms with Crippen LogP contribution in [0.2, 0.25) is 0 Å². The Balaban J connectivity index is 3.07. The van der Waals surface area contributed by atoms with Gasteiger partial charge in [0.15, 0.2) is 0 Å². The lowest BCUT2D eigenvalue weighted by Gasteiger charge is -2.23. The number of hydrogen-bond donors (Lipinski definition) is 0. The Morgan fingerprint density at radius 1 is 1.12 bits per heavy atom. The molecule has 0 nitrogen and oxygen atoms in total. The van der Waals surface area contributed by atoms with Gasteiger partial charge < -0.3 is 0 Å². The molecule has 1 heterocycles. The summed E-state index contributed by atoms with van der Waals surface area (Å²) in [7, 11) is 0. The van der Waals surface area contributed by atoms with Crippen LogP contribution >= 0.6 is 59.1 Å². The number of rotatable bonds is 2. The van der Waals surface area contributed by atoms with E-state index in [0.29, 0.717) is 8.26 Å². The minimum Gasteiger partial charge on any atom is -0.195 e. The highest BCUT2D eigenvalue weighted by Crippen LogP contribution is 2.51. The molecule has 0 aliphatic heterocycles. The Bertz CT molecular complexity index is 366. The van der Waals surface area contributed by atoms with Gasteiger partial charge in [-0.1, -0.05) is 15.9 Å². The minimum absolute atomic E-state index is 0.110. The third-order valence-electron chi connectivity index (χ3n) is 1.61. The first-order valence-corrected chi connectivity index (χ1v) is 6.92. The molecule has 0 aliphatic rings. The average molecular weight is 453 g/mol. The minimum atomic E-state index is -5.58. The molecule has 0 saturated carbocycles. The molecule has 0 N–H and O–H groups in total. The van der Waals surface area contributed by atoms with Gasteiger partial charge in [0.25, 0.3) is 0 Å². The van der Waals surface area contributed by atoms with E-state index < -0.39 is 16.9 Å². The molecule has 92 valence electrons. The van der Waals surface area contributed by atoms with E-state index >= 15 is 0 Å². The zero-order valence-electron chi connectivity index (χ0n) is 7.09. The molecule has 0 spiro atoms.